The molecule has 1 amide bonds. The fourth-order valence-electron chi connectivity index (χ4n) is 3.77. The SMILES string of the molecule is O=C1O[C@@H](Cn2ccnn2)CN1c1ccc(-c2ccc(C3=C[C@@H](COP(=O)(O)O)ON3)nc2)c(F)c1. The minimum absolute atomic E-state index is 0.248. The van der Waals surface area contributed by atoms with Gasteiger partial charge in [-0.2, -0.15) is 0 Å². The van der Waals surface area contributed by atoms with Gasteiger partial charge in [-0.1, -0.05) is 11.3 Å². The van der Waals surface area contributed by atoms with E-state index in [4.69, 9.17) is 19.4 Å². The lowest BCUT2D eigenvalue weighted by Gasteiger charge is -2.14. The molecular formula is C21H20FN6O7P. The zero-order chi connectivity index (χ0) is 25.3. The topological polar surface area (TPSA) is 161 Å². The van der Waals surface area contributed by atoms with Gasteiger partial charge in [-0.05, 0) is 30.3 Å². The molecule has 0 unspecified atom stereocenters. The number of pyridine rings is 1. The van der Waals surface area contributed by atoms with Crippen molar-refractivity contribution in [2.24, 2.45) is 0 Å². The third-order valence-corrected chi connectivity index (χ3v) is 5.92. The fraction of sp³-hybridized carbons (Fsp3) is 0.238. The van der Waals surface area contributed by atoms with Crippen LogP contribution in [0.25, 0.3) is 16.8 Å². The number of anilines is 1. The van der Waals surface area contributed by atoms with Crippen molar-refractivity contribution in [2.45, 2.75) is 18.8 Å². The molecule has 3 aromatic rings. The van der Waals surface area contributed by atoms with Gasteiger partial charge in [0.15, 0.2) is 0 Å². The van der Waals surface area contributed by atoms with Crippen molar-refractivity contribution in [3.8, 4) is 11.1 Å². The Bertz CT molecular complexity index is 1330. The van der Waals surface area contributed by atoms with Gasteiger partial charge in [0.05, 0.1) is 43.0 Å². The van der Waals surface area contributed by atoms with E-state index in [0.717, 1.165) is 0 Å². The summed E-state index contributed by atoms with van der Waals surface area (Å²) in [5.74, 6) is -0.536. The number of hydroxylamine groups is 1. The summed E-state index contributed by atoms with van der Waals surface area (Å²) in [5, 5.41) is 7.57. The van der Waals surface area contributed by atoms with Crippen LogP contribution >= 0.6 is 7.82 Å². The van der Waals surface area contributed by atoms with Crippen molar-refractivity contribution >= 4 is 25.3 Å². The molecule has 4 heterocycles. The Kier molecular flexibility index (Phi) is 6.51. The summed E-state index contributed by atoms with van der Waals surface area (Å²) in [7, 11) is -4.61. The molecule has 2 aromatic heterocycles. The van der Waals surface area contributed by atoms with Gasteiger partial charge in [-0.3, -0.25) is 24.7 Å². The molecule has 0 bridgehead atoms. The number of amides is 1. The molecule has 2 aliphatic heterocycles. The van der Waals surface area contributed by atoms with Gasteiger partial charge in [-0.25, -0.2) is 18.4 Å². The van der Waals surface area contributed by atoms with Crippen LogP contribution in [0.2, 0.25) is 0 Å². The Morgan fingerprint density at radius 2 is 2.14 bits per heavy atom. The van der Waals surface area contributed by atoms with Crippen molar-refractivity contribution in [2.75, 3.05) is 18.1 Å². The van der Waals surface area contributed by atoms with Gasteiger partial charge in [0, 0.05) is 23.5 Å². The maximum absolute atomic E-state index is 15.0. The number of aromatic nitrogens is 4. The number of phosphoric ester groups is 1. The highest BCUT2D eigenvalue weighted by Crippen LogP contribution is 2.36. The molecule has 36 heavy (non-hydrogen) atoms. The first-order chi connectivity index (χ1) is 17.2. The minimum atomic E-state index is -4.61. The van der Waals surface area contributed by atoms with E-state index < -0.39 is 31.9 Å². The van der Waals surface area contributed by atoms with E-state index >= 15 is 4.39 Å². The maximum atomic E-state index is 15.0. The van der Waals surface area contributed by atoms with Crippen LogP contribution in [0.4, 0.5) is 14.9 Å². The number of carbonyl (C=O) groups is 1. The van der Waals surface area contributed by atoms with E-state index in [1.54, 1.807) is 41.2 Å². The molecule has 15 heteroatoms. The lowest BCUT2D eigenvalue weighted by molar-refractivity contribution is 0.0162. The van der Waals surface area contributed by atoms with Crippen LogP contribution in [0.5, 0.6) is 0 Å². The zero-order valence-electron chi connectivity index (χ0n) is 18.5. The highest BCUT2D eigenvalue weighted by atomic mass is 31.2. The second-order valence-electron chi connectivity index (χ2n) is 7.96. The summed E-state index contributed by atoms with van der Waals surface area (Å²) in [5.41, 5.74) is 4.75. The van der Waals surface area contributed by atoms with Gasteiger partial charge in [0.2, 0.25) is 0 Å². The molecule has 0 saturated carbocycles. The first-order valence-corrected chi connectivity index (χ1v) is 12.2. The summed E-state index contributed by atoms with van der Waals surface area (Å²) >= 11 is 0. The number of rotatable bonds is 8. The Hall–Kier alpha value is -3.68. The molecule has 3 N–H and O–H groups in total. The normalized spacial score (nSPS) is 19.8. The van der Waals surface area contributed by atoms with Crippen molar-refractivity contribution in [1.82, 2.24) is 25.5 Å². The minimum Gasteiger partial charge on any atom is -0.442 e. The van der Waals surface area contributed by atoms with Gasteiger partial charge in [0.25, 0.3) is 0 Å². The lowest BCUT2D eigenvalue weighted by atomic mass is 10.1. The number of carbonyl (C=O) groups excluding carboxylic acids is 1. The summed E-state index contributed by atoms with van der Waals surface area (Å²) in [6.45, 7) is 0.245. The van der Waals surface area contributed by atoms with Gasteiger partial charge >= 0.3 is 13.9 Å². The molecule has 2 atom stereocenters. The first-order valence-electron chi connectivity index (χ1n) is 10.7. The first kappa shape index (κ1) is 24.0. The van der Waals surface area contributed by atoms with Crippen LogP contribution in [-0.4, -0.2) is 61.2 Å². The molecule has 5 rings (SSSR count). The molecule has 2 aliphatic rings. The van der Waals surface area contributed by atoms with Crippen LogP contribution in [0.1, 0.15) is 5.69 Å². The van der Waals surface area contributed by atoms with E-state index in [2.05, 4.69) is 25.3 Å². The van der Waals surface area contributed by atoms with Crippen LogP contribution in [0, 0.1) is 5.82 Å². The average molecular weight is 518 g/mol. The fourth-order valence-corrected chi connectivity index (χ4v) is 4.11. The number of hydrogen-bond acceptors (Lipinski definition) is 9. The number of halogens is 1. The summed E-state index contributed by atoms with van der Waals surface area (Å²) in [6.07, 6.45) is 4.52. The Morgan fingerprint density at radius 3 is 2.83 bits per heavy atom. The predicted molar refractivity (Wildman–Crippen MR) is 121 cm³/mol. The van der Waals surface area contributed by atoms with Crippen LogP contribution in [-0.2, 0) is 25.2 Å². The molecule has 1 aromatic carbocycles. The van der Waals surface area contributed by atoms with Crippen molar-refractivity contribution < 1.29 is 37.6 Å². The number of cyclic esters (lactones) is 1. The molecule has 0 aliphatic carbocycles. The van der Waals surface area contributed by atoms with Crippen LogP contribution in [0.3, 0.4) is 0 Å². The standard InChI is InChI=1S/C21H20FN6O7P/c22-18-7-14(28-11-16(34-21(28)29)10-27-6-5-24-26-27)2-3-17(18)13-1-4-19(23-9-13)20-8-15(35-25-20)12-33-36(30,31)32/h1-9,15-16,25H,10-12H2,(H2,30,31,32)/t15-,16-/m0/s1. The average Bonchev–Trinajstić information content (AvgIpc) is 3.59. The predicted octanol–water partition coefficient (Wildman–Crippen LogP) is 1.86. The van der Waals surface area contributed by atoms with Gasteiger partial charge in [-0.15, -0.1) is 5.10 Å². The second-order valence-corrected chi connectivity index (χ2v) is 9.20. The van der Waals surface area contributed by atoms with E-state index in [-0.39, 0.29) is 13.2 Å². The number of nitrogens with one attached hydrogen (secondary N) is 1. The largest absolute Gasteiger partial charge is 0.469 e. The Balaban J connectivity index is 1.25. The van der Waals surface area contributed by atoms with Gasteiger partial charge in [0.1, 0.15) is 18.0 Å². The van der Waals surface area contributed by atoms with E-state index in [0.29, 0.717) is 34.8 Å². The third kappa shape index (κ3) is 5.42. The number of ether oxygens (including phenoxy) is 1. The Morgan fingerprint density at radius 1 is 1.28 bits per heavy atom. The molecular weight excluding hydrogens is 498 g/mol. The molecule has 1 saturated heterocycles. The van der Waals surface area contributed by atoms with Crippen LogP contribution in [0.15, 0.2) is 55.0 Å². The van der Waals surface area contributed by atoms with E-state index in [1.807, 2.05) is 0 Å². The zero-order valence-corrected chi connectivity index (χ0v) is 19.4. The smallest absolute Gasteiger partial charge is 0.442 e. The number of phosphoric acid groups is 1. The second kappa shape index (κ2) is 9.76. The maximum Gasteiger partial charge on any atom is 0.469 e. The number of hydrogen-bond donors (Lipinski definition) is 3. The highest BCUT2D eigenvalue weighted by molar-refractivity contribution is 7.46. The van der Waals surface area contributed by atoms with Crippen molar-refractivity contribution in [1.29, 1.82) is 0 Å². The summed E-state index contributed by atoms with van der Waals surface area (Å²) < 4.78 is 37.2. The lowest BCUT2D eigenvalue weighted by Crippen LogP contribution is -2.26. The molecule has 188 valence electrons. The van der Waals surface area contributed by atoms with E-state index in [1.165, 1.54) is 23.4 Å². The van der Waals surface area contributed by atoms with E-state index in [9.17, 15) is 9.36 Å². The molecule has 0 spiro atoms. The molecule has 13 nitrogen and oxygen atoms in total. The monoisotopic (exact) mass is 518 g/mol. The van der Waals surface area contributed by atoms with Crippen molar-refractivity contribution in [3.05, 3.63) is 66.5 Å². The van der Waals surface area contributed by atoms with Crippen molar-refractivity contribution in [3.63, 3.8) is 0 Å². The van der Waals surface area contributed by atoms with Gasteiger partial charge < -0.3 is 14.5 Å². The Labute approximate surface area is 203 Å². The van der Waals surface area contributed by atoms with Crippen LogP contribution < -0.4 is 10.4 Å². The summed E-state index contributed by atoms with van der Waals surface area (Å²) in [6, 6.07) is 7.77. The molecule has 0 radical (unpaired) electrons. The quantitative estimate of drug-likeness (QED) is 0.373. The summed E-state index contributed by atoms with van der Waals surface area (Å²) in [4.78, 5) is 40.8. The number of benzene rings is 1. The number of nitrogens with zero attached hydrogens (tertiary/aromatic N) is 5. The third-order valence-electron chi connectivity index (χ3n) is 5.43. The molecule has 1 fully saturated rings. The highest BCUT2D eigenvalue weighted by Gasteiger charge is 2.33.